The molecular weight excluding hydrogens is 496 g/mol. The third-order valence-electron chi connectivity index (χ3n) is 6.63. The third kappa shape index (κ3) is 6.07. The summed E-state index contributed by atoms with van der Waals surface area (Å²) < 4.78 is 18.2. The summed E-state index contributed by atoms with van der Waals surface area (Å²) in [7, 11) is 4.78. The van der Waals surface area contributed by atoms with Crippen molar-refractivity contribution in [1.82, 2.24) is 9.88 Å². The number of amides is 1. The number of fused-ring (bicyclic) bond motifs is 1. The van der Waals surface area contributed by atoms with E-state index >= 15 is 0 Å². The van der Waals surface area contributed by atoms with Gasteiger partial charge in [-0.05, 0) is 59.9 Å². The fourth-order valence-corrected chi connectivity index (χ4v) is 4.65. The van der Waals surface area contributed by atoms with E-state index in [9.17, 15) is 14.7 Å². The second kappa shape index (κ2) is 12.5. The van der Waals surface area contributed by atoms with Gasteiger partial charge >= 0.3 is 5.97 Å². The third-order valence-corrected chi connectivity index (χ3v) is 6.63. The van der Waals surface area contributed by atoms with Crippen molar-refractivity contribution in [3.05, 3.63) is 83.6 Å². The summed E-state index contributed by atoms with van der Waals surface area (Å²) in [5.41, 5.74) is 4.30. The van der Waals surface area contributed by atoms with Crippen LogP contribution in [0.5, 0.6) is 11.5 Å². The highest BCUT2D eigenvalue weighted by atomic mass is 16.5. The SMILES string of the molecule is CCCOc1ccc(-c2ccc(C(=O)OC)c(OC)c2)cc1C(=O)N[C@@H](CO)Cc1cn(C)c2ccccc12.[HH]. The lowest BCUT2D eigenvalue weighted by atomic mass is 9.99. The van der Waals surface area contributed by atoms with E-state index in [0.717, 1.165) is 34.0 Å². The molecule has 8 nitrogen and oxygen atoms in total. The standard InChI is InChI=1S/C31H34N2O6.H2/c1-5-14-39-28-13-11-20(21-10-12-25(31(36)38-4)29(17-21)37-3)16-26(28)30(35)32-23(19-34)15-22-18-33(2)27-9-7-6-8-24(22)27;/h6-13,16-18,23,34H,5,14-15,19H2,1-4H3,(H,32,35);1H/t23-;/m1./s1. The number of aliphatic hydroxyl groups is 1. The number of nitrogens with one attached hydrogen (secondary N) is 1. The first-order chi connectivity index (χ1) is 18.9. The summed E-state index contributed by atoms with van der Waals surface area (Å²) in [4.78, 5) is 25.6. The Morgan fingerprint density at radius 1 is 1.00 bits per heavy atom. The first-order valence-electron chi connectivity index (χ1n) is 12.9. The van der Waals surface area contributed by atoms with Crippen molar-refractivity contribution in [1.29, 1.82) is 0 Å². The lowest BCUT2D eigenvalue weighted by Gasteiger charge is -2.19. The van der Waals surface area contributed by atoms with Crippen LogP contribution in [-0.2, 0) is 18.2 Å². The van der Waals surface area contributed by atoms with Crippen LogP contribution in [0.1, 0.15) is 41.1 Å². The maximum absolute atomic E-state index is 13.6. The number of rotatable bonds is 11. The molecule has 0 saturated heterocycles. The summed E-state index contributed by atoms with van der Waals surface area (Å²) in [6.45, 7) is 2.24. The molecule has 0 spiro atoms. The number of aliphatic hydroxyl groups excluding tert-OH is 1. The van der Waals surface area contributed by atoms with Crippen molar-refractivity contribution in [3.63, 3.8) is 0 Å². The maximum Gasteiger partial charge on any atom is 0.341 e. The minimum absolute atomic E-state index is 0. The Morgan fingerprint density at radius 3 is 2.46 bits per heavy atom. The van der Waals surface area contributed by atoms with Gasteiger partial charge in [-0.15, -0.1) is 0 Å². The van der Waals surface area contributed by atoms with Gasteiger partial charge in [0.2, 0.25) is 0 Å². The van der Waals surface area contributed by atoms with Crippen LogP contribution in [-0.4, -0.2) is 55.0 Å². The molecule has 0 aliphatic rings. The molecule has 3 aromatic carbocycles. The normalized spacial score (nSPS) is 11.7. The summed E-state index contributed by atoms with van der Waals surface area (Å²) in [5, 5.41) is 14.2. The van der Waals surface area contributed by atoms with Crippen molar-refractivity contribution in [3.8, 4) is 22.6 Å². The molecule has 0 radical (unpaired) electrons. The molecule has 8 heteroatoms. The Kier molecular flexibility index (Phi) is 8.88. The second-order valence-electron chi connectivity index (χ2n) is 9.31. The molecule has 4 rings (SSSR count). The van der Waals surface area contributed by atoms with Crippen LogP contribution in [0.2, 0.25) is 0 Å². The number of nitrogens with zero attached hydrogens (tertiary/aromatic N) is 1. The number of ether oxygens (including phenoxy) is 3. The number of aromatic nitrogens is 1. The summed E-state index contributed by atoms with van der Waals surface area (Å²) in [6.07, 6.45) is 3.29. The molecule has 1 amide bonds. The zero-order valence-corrected chi connectivity index (χ0v) is 22.7. The number of para-hydroxylation sites is 1. The second-order valence-corrected chi connectivity index (χ2v) is 9.31. The molecule has 206 valence electrons. The van der Waals surface area contributed by atoms with Crippen LogP contribution in [0, 0.1) is 0 Å². The first kappa shape index (κ1) is 27.7. The summed E-state index contributed by atoms with van der Waals surface area (Å²) in [6, 6.07) is 18.1. The topological polar surface area (TPSA) is 99.0 Å². The van der Waals surface area contributed by atoms with Crippen molar-refractivity contribution >= 4 is 22.8 Å². The largest absolute Gasteiger partial charge is 0.496 e. The Balaban J connectivity index is 0.00000441. The molecular formula is C31H36N2O6. The number of hydrogen-bond donors (Lipinski definition) is 2. The van der Waals surface area contributed by atoms with Gasteiger partial charge in [0, 0.05) is 25.6 Å². The summed E-state index contributed by atoms with van der Waals surface area (Å²) in [5.74, 6) is -0.0198. The summed E-state index contributed by atoms with van der Waals surface area (Å²) >= 11 is 0. The van der Waals surface area contributed by atoms with Crippen LogP contribution < -0.4 is 14.8 Å². The van der Waals surface area contributed by atoms with E-state index in [-0.39, 0.29) is 13.9 Å². The molecule has 2 N–H and O–H groups in total. The number of benzene rings is 3. The van der Waals surface area contributed by atoms with Gasteiger partial charge in [-0.3, -0.25) is 4.79 Å². The minimum Gasteiger partial charge on any atom is -0.496 e. The molecule has 0 fully saturated rings. The Hall–Kier alpha value is -4.30. The molecule has 0 bridgehead atoms. The molecule has 1 heterocycles. The monoisotopic (exact) mass is 532 g/mol. The van der Waals surface area contributed by atoms with E-state index in [1.807, 2.05) is 55.1 Å². The van der Waals surface area contributed by atoms with Crippen molar-refractivity contribution in [2.75, 3.05) is 27.4 Å². The van der Waals surface area contributed by atoms with E-state index in [1.165, 1.54) is 14.2 Å². The highest BCUT2D eigenvalue weighted by molar-refractivity contribution is 5.99. The van der Waals surface area contributed by atoms with Crippen LogP contribution in [0.3, 0.4) is 0 Å². The number of methoxy groups -OCH3 is 2. The molecule has 1 atom stereocenters. The van der Waals surface area contributed by atoms with Gasteiger partial charge in [-0.2, -0.15) is 0 Å². The van der Waals surface area contributed by atoms with Crippen molar-refractivity contribution in [2.45, 2.75) is 25.8 Å². The average Bonchev–Trinajstić information content (AvgIpc) is 3.29. The lowest BCUT2D eigenvalue weighted by molar-refractivity contribution is 0.0597. The zero-order chi connectivity index (χ0) is 27.9. The Bertz CT molecular complexity index is 1480. The molecule has 0 aliphatic carbocycles. The van der Waals surface area contributed by atoms with Crippen LogP contribution in [0.15, 0.2) is 66.9 Å². The molecule has 0 saturated carbocycles. The molecule has 39 heavy (non-hydrogen) atoms. The molecule has 0 aliphatic heterocycles. The number of hydrogen-bond acceptors (Lipinski definition) is 6. The van der Waals surface area contributed by atoms with E-state index in [0.29, 0.717) is 35.7 Å². The van der Waals surface area contributed by atoms with Crippen LogP contribution in [0.25, 0.3) is 22.0 Å². The van der Waals surface area contributed by atoms with Gasteiger partial charge in [0.25, 0.3) is 5.91 Å². The van der Waals surface area contributed by atoms with Gasteiger partial charge in [-0.1, -0.05) is 37.3 Å². The van der Waals surface area contributed by atoms with Gasteiger partial charge < -0.3 is 29.2 Å². The highest BCUT2D eigenvalue weighted by Gasteiger charge is 2.21. The van der Waals surface area contributed by atoms with E-state index in [4.69, 9.17) is 14.2 Å². The van der Waals surface area contributed by atoms with Crippen molar-refractivity contribution in [2.24, 2.45) is 7.05 Å². The number of carbonyl (C=O) groups excluding carboxylic acids is 2. The number of aryl methyl sites for hydroxylation is 1. The zero-order valence-electron chi connectivity index (χ0n) is 22.7. The quantitative estimate of drug-likeness (QED) is 0.264. The maximum atomic E-state index is 13.6. The van der Waals surface area contributed by atoms with Gasteiger partial charge in [-0.25, -0.2) is 4.79 Å². The first-order valence-corrected chi connectivity index (χ1v) is 12.9. The van der Waals surface area contributed by atoms with Crippen LogP contribution in [0.4, 0.5) is 0 Å². The predicted octanol–water partition coefficient (Wildman–Crippen LogP) is 5.01. The average molecular weight is 533 g/mol. The predicted molar refractivity (Wildman–Crippen MR) is 153 cm³/mol. The Labute approximate surface area is 229 Å². The van der Waals surface area contributed by atoms with Crippen LogP contribution >= 0.6 is 0 Å². The number of esters is 1. The molecule has 4 aromatic rings. The van der Waals surface area contributed by atoms with Gasteiger partial charge in [0.15, 0.2) is 0 Å². The molecule has 0 unspecified atom stereocenters. The van der Waals surface area contributed by atoms with E-state index in [1.54, 1.807) is 30.3 Å². The lowest BCUT2D eigenvalue weighted by Crippen LogP contribution is -2.39. The smallest absolute Gasteiger partial charge is 0.341 e. The molecule has 1 aromatic heterocycles. The number of carbonyl (C=O) groups is 2. The van der Waals surface area contributed by atoms with Gasteiger partial charge in [0.05, 0.1) is 39.0 Å². The highest BCUT2D eigenvalue weighted by Crippen LogP contribution is 2.31. The fraction of sp³-hybridized carbons (Fsp3) is 0.290. The minimum atomic E-state index is -0.497. The van der Waals surface area contributed by atoms with Gasteiger partial charge in [0.1, 0.15) is 17.1 Å². The van der Waals surface area contributed by atoms with Crippen molar-refractivity contribution < 1.29 is 30.3 Å². The fourth-order valence-electron chi connectivity index (χ4n) is 4.65. The Morgan fingerprint density at radius 2 is 1.74 bits per heavy atom. The van der Waals surface area contributed by atoms with E-state index in [2.05, 4.69) is 5.32 Å². The van der Waals surface area contributed by atoms with E-state index < -0.39 is 12.0 Å².